The van der Waals surface area contributed by atoms with Crippen LogP contribution in [0.15, 0.2) is 71.7 Å². The number of furan rings is 1. The van der Waals surface area contributed by atoms with Crippen LogP contribution < -0.4 is 4.90 Å². The number of phenolic OH excluding ortho intramolecular Hbond substituents is 1. The zero-order valence-electron chi connectivity index (χ0n) is 16.9. The largest absolute Gasteiger partial charge is 0.508 e. The summed E-state index contributed by atoms with van der Waals surface area (Å²) in [5.74, 6) is 0.934. The molecule has 3 heterocycles. The summed E-state index contributed by atoms with van der Waals surface area (Å²) in [5.41, 5.74) is 2.39. The van der Waals surface area contributed by atoms with E-state index >= 15 is 0 Å². The normalized spacial score (nSPS) is 14.8. The van der Waals surface area contributed by atoms with Crippen LogP contribution in [0.3, 0.4) is 0 Å². The van der Waals surface area contributed by atoms with Crippen molar-refractivity contribution in [1.82, 2.24) is 14.9 Å². The van der Waals surface area contributed by atoms with Gasteiger partial charge in [0.15, 0.2) is 5.78 Å². The molecular weight excluding hydrogens is 392 g/mol. The number of carbonyl (C=O) groups is 1. The maximum absolute atomic E-state index is 13.1. The summed E-state index contributed by atoms with van der Waals surface area (Å²) in [6, 6.07) is 12.5. The standard InChI is InChI=1S/C24H22N4O3/c29-20-6-7-21-23(19(16-31-21)24(30)17-4-2-1-3-5-17)18(20)15-27-10-12-28(13-11-27)22-14-25-8-9-26-22/h1-9,14,16,29H,10-13,15H2. The first-order valence-corrected chi connectivity index (χ1v) is 10.3. The average molecular weight is 414 g/mol. The van der Waals surface area contributed by atoms with Crippen LogP contribution in [0.4, 0.5) is 5.82 Å². The fraction of sp³-hybridized carbons (Fsp3) is 0.208. The average Bonchev–Trinajstić information content (AvgIpc) is 3.26. The number of carbonyl (C=O) groups excluding carboxylic acids is 1. The number of fused-ring (bicyclic) bond motifs is 1. The quantitative estimate of drug-likeness (QED) is 0.501. The Hall–Kier alpha value is -3.71. The molecule has 4 aromatic rings. The van der Waals surface area contributed by atoms with E-state index in [0.717, 1.165) is 37.6 Å². The number of hydrogen-bond acceptors (Lipinski definition) is 7. The van der Waals surface area contributed by atoms with E-state index in [9.17, 15) is 9.90 Å². The number of aromatic nitrogens is 2. The van der Waals surface area contributed by atoms with Gasteiger partial charge >= 0.3 is 0 Å². The van der Waals surface area contributed by atoms with Crippen LogP contribution in [-0.2, 0) is 6.54 Å². The number of anilines is 1. The van der Waals surface area contributed by atoms with Gasteiger partial charge in [-0.1, -0.05) is 30.3 Å². The number of hydrogen-bond donors (Lipinski definition) is 1. The van der Waals surface area contributed by atoms with Crippen molar-refractivity contribution < 1.29 is 14.3 Å². The zero-order chi connectivity index (χ0) is 21.2. The van der Waals surface area contributed by atoms with Crippen LogP contribution in [-0.4, -0.2) is 51.9 Å². The Morgan fingerprint density at radius 3 is 2.58 bits per heavy atom. The SMILES string of the molecule is O=C(c1ccccc1)c1coc2ccc(O)c(CN3CCN(c4cnccn4)CC3)c12. The van der Waals surface area contributed by atoms with Crippen molar-refractivity contribution in [2.24, 2.45) is 0 Å². The minimum Gasteiger partial charge on any atom is -0.508 e. The molecule has 0 spiro atoms. The van der Waals surface area contributed by atoms with Crippen molar-refractivity contribution in [3.05, 3.63) is 84.0 Å². The van der Waals surface area contributed by atoms with Gasteiger partial charge in [-0.15, -0.1) is 0 Å². The fourth-order valence-electron chi connectivity index (χ4n) is 4.08. The van der Waals surface area contributed by atoms with Gasteiger partial charge in [-0.3, -0.25) is 14.7 Å². The third-order valence-electron chi connectivity index (χ3n) is 5.73. The number of nitrogens with zero attached hydrogens (tertiary/aromatic N) is 4. The molecule has 0 radical (unpaired) electrons. The Morgan fingerprint density at radius 1 is 1.03 bits per heavy atom. The summed E-state index contributed by atoms with van der Waals surface area (Å²) in [7, 11) is 0. The molecule has 0 aliphatic carbocycles. The first-order chi connectivity index (χ1) is 15.2. The van der Waals surface area contributed by atoms with E-state index in [4.69, 9.17) is 4.42 Å². The van der Waals surface area contributed by atoms with E-state index in [2.05, 4.69) is 19.8 Å². The molecule has 1 aliphatic rings. The van der Waals surface area contributed by atoms with Gasteiger partial charge in [-0.2, -0.15) is 0 Å². The van der Waals surface area contributed by atoms with Crippen molar-refractivity contribution in [1.29, 1.82) is 0 Å². The molecule has 0 atom stereocenters. The second-order valence-corrected chi connectivity index (χ2v) is 7.61. The van der Waals surface area contributed by atoms with E-state index in [1.54, 1.807) is 42.9 Å². The van der Waals surface area contributed by atoms with E-state index < -0.39 is 0 Å². The molecule has 2 aromatic carbocycles. The van der Waals surface area contributed by atoms with E-state index in [1.807, 2.05) is 18.2 Å². The highest BCUT2D eigenvalue weighted by atomic mass is 16.3. The molecule has 156 valence electrons. The summed E-state index contributed by atoms with van der Waals surface area (Å²) in [6.45, 7) is 3.79. The maximum Gasteiger partial charge on any atom is 0.196 e. The lowest BCUT2D eigenvalue weighted by Gasteiger charge is -2.35. The van der Waals surface area contributed by atoms with Crippen LogP contribution in [0.5, 0.6) is 5.75 Å². The monoisotopic (exact) mass is 414 g/mol. The number of phenols is 1. The first kappa shape index (κ1) is 19.3. The van der Waals surface area contributed by atoms with E-state index in [1.165, 1.54) is 6.26 Å². The number of aromatic hydroxyl groups is 1. The predicted octanol–water partition coefficient (Wildman–Crippen LogP) is 3.48. The number of piperazine rings is 1. The lowest BCUT2D eigenvalue weighted by molar-refractivity contribution is 0.103. The van der Waals surface area contributed by atoms with Crippen molar-refractivity contribution in [2.45, 2.75) is 6.54 Å². The van der Waals surface area contributed by atoms with Gasteiger partial charge in [0.1, 0.15) is 23.4 Å². The highest BCUT2D eigenvalue weighted by molar-refractivity contribution is 6.16. The summed E-state index contributed by atoms with van der Waals surface area (Å²) in [5, 5.41) is 11.3. The van der Waals surface area contributed by atoms with Crippen LogP contribution in [0.1, 0.15) is 21.5 Å². The van der Waals surface area contributed by atoms with Gasteiger partial charge in [0.2, 0.25) is 0 Å². The van der Waals surface area contributed by atoms with E-state index in [0.29, 0.717) is 28.6 Å². The molecule has 1 N–H and O–H groups in total. The predicted molar refractivity (Wildman–Crippen MR) is 117 cm³/mol. The molecular formula is C24H22N4O3. The van der Waals surface area contributed by atoms with Crippen molar-refractivity contribution >= 4 is 22.6 Å². The van der Waals surface area contributed by atoms with Gasteiger partial charge in [0.25, 0.3) is 0 Å². The number of benzene rings is 2. The molecule has 7 heteroatoms. The number of ketones is 1. The summed E-state index contributed by atoms with van der Waals surface area (Å²) in [6.07, 6.45) is 6.64. The Morgan fingerprint density at radius 2 is 1.84 bits per heavy atom. The molecule has 2 aromatic heterocycles. The topological polar surface area (TPSA) is 82.7 Å². The smallest absolute Gasteiger partial charge is 0.196 e. The second kappa shape index (κ2) is 8.20. The van der Waals surface area contributed by atoms with E-state index in [-0.39, 0.29) is 11.5 Å². The van der Waals surface area contributed by atoms with Crippen molar-refractivity contribution in [3.63, 3.8) is 0 Å². The lowest BCUT2D eigenvalue weighted by Crippen LogP contribution is -2.46. The van der Waals surface area contributed by atoms with Crippen LogP contribution in [0, 0.1) is 0 Å². The van der Waals surface area contributed by atoms with Crippen molar-refractivity contribution in [3.8, 4) is 5.75 Å². The first-order valence-electron chi connectivity index (χ1n) is 10.3. The Bertz CT molecular complexity index is 1200. The lowest BCUT2D eigenvalue weighted by atomic mass is 9.98. The summed E-state index contributed by atoms with van der Waals surface area (Å²) in [4.78, 5) is 26.1. The molecule has 1 aliphatic heterocycles. The molecule has 0 amide bonds. The Kier molecular flexibility index (Phi) is 5.09. The third kappa shape index (κ3) is 3.75. The summed E-state index contributed by atoms with van der Waals surface area (Å²) >= 11 is 0. The molecule has 0 unspecified atom stereocenters. The van der Waals surface area contributed by atoms with Gasteiger partial charge in [-0.25, -0.2) is 4.98 Å². The minimum absolute atomic E-state index is 0.112. The maximum atomic E-state index is 13.1. The molecule has 31 heavy (non-hydrogen) atoms. The van der Waals surface area contributed by atoms with Crippen molar-refractivity contribution in [2.75, 3.05) is 31.1 Å². The third-order valence-corrected chi connectivity index (χ3v) is 5.73. The van der Waals surface area contributed by atoms with Gasteiger partial charge < -0.3 is 14.4 Å². The van der Waals surface area contributed by atoms with Crippen LogP contribution in [0.25, 0.3) is 11.0 Å². The second-order valence-electron chi connectivity index (χ2n) is 7.61. The molecule has 7 nitrogen and oxygen atoms in total. The van der Waals surface area contributed by atoms with Gasteiger partial charge in [0, 0.05) is 61.6 Å². The Balaban J connectivity index is 1.41. The molecule has 1 fully saturated rings. The highest BCUT2D eigenvalue weighted by Gasteiger charge is 2.24. The van der Waals surface area contributed by atoms with Gasteiger partial charge in [-0.05, 0) is 12.1 Å². The van der Waals surface area contributed by atoms with Crippen LogP contribution in [0.2, 0.25) is 0 Å². The van der Waals surface area contributed by atoms with Gasteiger partial charge in [0.05, 0.1) is 11.8 Å². The molecule has 0 bridgehead atoms. The Labute approximate surface area is 179 Å². The zero-order valence-corrected chi connectivity index (χ0v) is 16.9. The highest BCUT2D eigenvalue weighted by Crippen LogP contribution is 2.34. The molecule has 1 saturated heterocycles. The summed E-state index contributed by atoms with van der Waals surface area (Å²) < 4.78 is 5.68. The fourth-order valence-corrected chi connectivity index (χ4v) is 4.08. The number of rotatable bonds is 5. The molecule has 5 rings (SSSR count). The minimum atomic E-state index is -0.112. The molecule has 0 saturated carbocycles. The van der Waals surface area contributed by atoms with Crippen LogP contribution >= 0.6 is 0 Å².